The fourth-order valence-corrected chi connectivity index (χ4v) is 3.77. The molecule has 0 aliphatic heterocycles. The van der Waals surface area contributed by atoms with Crippen LogP contribution in [-0.2, 0) is 4.79 Å². The van der Waals surface area contributed by atoms with Gasteiger partial charge < -0.3 is 25.0 Å². The summed E-state index contributed by atoms with van der Waals surface area (Å²) in [6.45, 7) is 4.94. The van der Waals surface area contributed by atoms with Gasteiger partial charge in [-0.1, -0.05) is 12.6 Å². The predicted octanol–water partition coefficient (Wildman–Crippen LogP) is 5.29. The number of carbonyl (C=O) groups is 1. The first kappa shape index (κ1) is 23.2. The van der Waals surface area contributed by atoms with E-state index in [0.717, 1.165) is 28.2 Å². The minimum atomic E-state index is -0.291. The van der Waals surface area contributed by atoms with Crippen LogP contribution in [0.5, 0.6) is 17.4 Å². The number of nitrogens with zero attached hydrogens (tertiary/aromatic N) is 3. The Hall–Kier alpha value is -3.95. The van der Waals surface area contributed by atoms with Gasteiger partial charge >= 0.3 is 0 Å². The van der Waals surface area contributed by atoms with Gasteiger partial charge in [-0.3, -0.25) is 4.79 Å². The molecule has 0 aliphatic carbocycles. The van der Waals surface area contributed by atoms with Crippen LogP contribution in [0.4, 0.5) is 17.3 Å². The van der Waals surface area contributed by atoms with Gasteiger partial charge in [0.2, 0.25) is 17.7 Å². The maximum Gasteiger partial charge on any atom is 0.247 e. The third-order valence-corrected chi connectivity index (χ3v) is 5.58. The summed E-state index contributed by atoms with van der Waals surface area (Å²) in [6, 6.07) is 16.7. The number of aromatic nitrogens is 2. The molecule has 0 radical (unpaired) electrons. The first-order valence-corrected chi connectivity index (χ1v) is 11.5. The molecule has 4 rings (SSSR count). The number of likely N-dealkylation sites (N-methyl/N-ethyl adjacent to an activating group) is 1. The van der Waals surface area contributed by atoms with Gasteiger partial charge in [0.05, 0.1) is 5.52 Å². The molecule has 0 fully saturated rings. The van der Waals surface area contributed by atoms with Crippen LogP contribution in [0.2, 0.25) is 0 Å². The van der Waals surface area contributed by atoms with Crippen molar-refractivity contribution in [3.05, 3.63) is 72.6 Å². The van der Waals surface area contributed by atoms with Crippen molar-refractivity contribution in [1.82, 2.24) is 14.9 Å². The Morgan fingerprint density at radius 2 is 1.91 bits per heavy atom. The van der Waals surface area contributed by atoms with Crippen LogP contribution in [0.15, 0.2) is 72.6 Å². The third-order valence-electron chi connectivity index (χ3n) is 4.69. The minimum absolute atomic E-state index is 0.291. The predicted molar refractivity (Wildman–Crippen MR) is 137 cm³/mol. The van der Waals surface area contributed by atoms with Crippen molar-refractivity contribution in [3.63, 3.8) is 0 Å². The first-order chi connectivity index (χ1) is 16.5. The van der Waals surface area contributed by atoms with E-state index in [1.165, 1.54) is 17.4 Å². The zero-order chi connectivity index (χ0) is 23.9. The van der Waals surface area contributed by atoms with Crippen LogP contribution >= 0.6 is 11.3 Å². The molecule has 0 atom stereocenters. The number of benzene rings is 2. The molecular weight excluding hydrogens is 450 g/mol. The number of ether oxygens (including phenoxy) is 2. The van der Waals surface area contributed by atoms with Crippen LogP contribution in [0, 0.1) is 0 Å². The fraction of sp³-hybridized carbons (Fsp3) is 0.160. The van der Waals surface area contributed by atoms with E-state index in [9.17, 15) is 4.79 Å². The van der Waals surface area contributed by atoms with E-state index >= 15 is 0 Å². The van der Waals surface area contributed by atoms with Gasteiger partial charge in [-0.05, 0) is 68.0 Å². The third kappa shape index (κ3) is 6.09. The highest BCUT2D eigenvalue weighted by atomic mass is 32.1. The molecule has 2 aromatic carbocycles. The molecule has 8 nitrogen and oxygen atoms in total. The highest BCUT2D eigenvalue weighted by Gasteiger charge is 2.12. The summed E-state index contributed by atoms with van der Waals surface area (Å²) in [6.07, 6.45) is 1.22. The summed E-state index contributed by atoms with van der Waals surface area (Å²) in [5.41, 5.74) is 2.21. The maximum absolute atomic E-state index is 11.6. The van der Waals surface area contributed by atoms with E-state index in [0.29, 0.717) is 29.9 Å². The lowest BCUT2D eigenvalue weighted by Gasteiger charge is -2.12. The number of rotatable bonds is 10. The molecule has 4 aromatic rings. The van der Waals surface area contributed by atoms with Gasteiger partial charge in [0.1, 0.15) is 22.8 Å². The normalized spacial score (nSPS) is 10.8. The average Bonchev–Trinajstić information content (AvgIpc) is 3.29. The standard InChI is InChI=1S/C25H25N5O3S/c1-4-22(31)26-18-6-5-7-20(16-18)33-24-23-21(12-15-34-23)28-25(29-24)27-17-8-10-19(11-9-17)32-14-13-30(2)3/h4-12,15-16H,1,13-14H2,2-3H3,(H,26,31)(H,27,28,29). The highest BCUT2D eigenvalue weighted by Crippen LogP contribution is 2.33. The Kier molecular flexibility index (Phi) is 7.36. The molecule has 0 unspecified atom stereocenters. The second-order valence-electron chi connectivity index (χ2n) is 7.61. The molecule has 0 spiro atoms. The monoisotopic (exact) mass is 475 g/mol. The molecule has 0 aliphatic rings. The molecule has 2 heterocycles. The molecule has 0 bridgehead atoms. The number of carbonyl (C=O) groups excluding carboxylic acids is 1. The first-order valence-electron chi connectivity index (χ1n) is 10.6. The number of fused-ring (bicyclic) bond motifs is 1. The van der Waals surface area contributed by atoms with Crippen molar-refractivity contribution < 1.29 is 14.3 Å². The van der Waals surface area contributed by atoms with E-state index < -0.39 is 0 Å². The second-order valence-corrected chi connectivity index (χ2v) is 8.53. The van der Waals surface area contributed by atoms with Crippen LogP contribution in [-0.4, -0.2) is 48.0 Å². The minimum Gasteiger partial charge on any atom is -0.492 e. The van der Waals surface area contributed by atoms with Crippen molar-refractivity contribution in [2.45, 2.75) is 0 Å². The summed E-state index contributed by atoms with van der Waals surface area (Å²) in [5.74, 6) is 1.89. The summed E-state index contributed by atoms with van der Waals surface area (Å²) in [5, 5.41) is 7.89. The quantitative estimate of drug-likeness (QED) is 0.301. The average molecular weight is 476 g/mol. The van der Waals surface area contributed by atoms with Gasteiger partial charge in [0.15, 0.2) is 0 Å². The van der Waals surface area contributed by atoms with Crippen LogP contribution in [0.1, 0.15) is 0 Å². The summed E-state index contributed by atoms with van der Waals surface area (Å²) >= 11 is 1.50. The van der Waals surface area contributed by atoms with E-state index in [2.05, 4.69) is 32.1 Å². The number of nitrogens with one attached hydrogen (secondary N) is 2. The van der Waals surface area contributed by atoms with Gasteiger partial charge in [0, 0.05) is 24.0 Å². The topological polar surface area (TPSA) is 88.6 Å². The van der Waals surface area contributed by atoms with Crippen molar-refractivity contribution in [2.24, 2.45) is 0 Å². The number of hydrogen-bond donors (Lipinski definition) is 2. The Labute approximate surface area is 201 Å². The lowest BCUT2D eigenvalue weighted by molar-refractivity contribution is -0.111. The van der Waals surface area contributed by atoms with Crippen LogP contribution in [0.25, 0.3) is 10.2 Å². The summed E-state index contributed by atoms with van der Waals surface area (Å²) in [4.78, 5) is 22.9. The van der Waals surface area contributed by atoms with Crippen molar-refractivity contribution >= 4 is 44.8 Å². The molecule has 174 valence electrons. The van der Waals surface area contributed by atoms with E-state index in [4.69, 9.17) is 9.47 Å². The second kappa shape index (κ2) is 10.8. The van der Waals surface area contributed by atoms with E-state index in [1.54, 1.807) is 24.3 Å². The molecule has 34 heavy (non-hydrogen) atoms. The van der Waals surface area contributed by atoms with Crippen LogP contribution in [0.3, 0.4) is 0 Å². The Bertz CT molecular complexity index is 1290. The molecular formula is C25H25N5O3S. The van der Waals surface area contributed by atoms with Crippen molar-refractivity contribution in [3.8, 4) is 17.4 Å². The molecule has 9 heteroatoms. The fourth-order valence-electron chi connectivity index (χ4n) is 3.01. The molecule has 2 aromatic heterocycles. The molecule has 2 N–H and O–H groups in total. The number of amides is 1. The van der Waals surface area contributed by atoms with Gasteiger partial charge in [-0.15, -0.1) is 11.3 Å². The van der Waals surface area contributed by atoms with E-state index in [1.807, 2.05) is 49.8 Å². The number of thiophene rings is 1. The zero-order valence-electron chi connectivity index (χ0n) is 18.9. The summed E-state index contributed by atoms with van der Waals surface area (Å²) in [7, 11) is 4.02. The number of hydrogen-bond acceptors (Lipinski definition) is 8. The van der Waals surface area contributed by atoms with Crippen molar-refractivity contribution in [2.75, 3.05) is 37.9 Å². The SMILES string of the molecule is C=CC(=O)Nc1cccc(Oc2nc(Nc3ccc(OCCN(C)C)cc3)nc3ccsc23)c1. The highest BCUT2D eigenvalue weighted by molar-refractivity contribution is 7.17. The number of anilines is 3. The largest absolute Gasteiger partial charge is 0.492 e. The lowest BCUT2D eigenvalue weighted by Crippen LogP contribution is -2.19. The van der Waals surface area contributed by atoms with Crippen molar-refractivity contribution in [1.29, 1.82) is 0 Å². The zero-order valence-corrected chi connectivity index (χ0v) is 19.8. The lowest BCUT2D eigenvalue weighted by atomic mass is 10.3. The Balaban J connectivity index is 1.51. The Morgan fingerprint density at radius 3 is 2.68 bits per heavy atom. The maximum atomic E-state index is 11.6. The van der Waals surface area contributed by atoms with Gasteiger partial charge in [-0.25, -0.2) is 4.98 Å². The van der Waals surface area contributed by atoms with Gasteiger partial charge in [0.25, 0.3) is 0 Å². The summed E-state index contributed by atoms with van der Waals surface area (Å²) < 4.78 is 12.7. The van der Waals surface area contributed by atoms with E-state index in [-0.39, 0.29) is 5.91 Å². The van der Waals surface area contributed by atoms with Gasteiger partial charge in [-0.2, -0.15) is 4.98 Å². The molecule has 0 saturated heterocycles. The van der Waals surface area contributed by atoms with Crippen LogP contribution < -0.4 is 20.1 Å². The Morgan fingerprint density at radius 1 is 1.09 bits per heavy atom. The molecule has 1 amide bonds. The smallest absolute Gasteiger partial charge is 0.247 e. The molecule has 0 saturated carbocycles.